The van der Waals surface area contributed by atoms with Gasteiger partial charge in [0, 0.05) is 18.6 Å². The Labute approximate surface area is 119 Å². The van der Waals surface area contributed by atoms with E-state index in [9.17, 15) is 9.90 Å². The zero-order valence-corrected chi connectivity index (χ0v) is 12.5. The SMILES string of the molecule is COC1C=C(C)C2(O)C1=C(C)CCC1C(C)C(=O)OC12. The Morgan fingerprint density at radius 1 is 1.45 bits per heavy atom. The highest BCUT2D eigenvalue weighted by atomic mass is 16.6. The fourth-order valence-electron chi connectivity index (χ4n) is 4.07. The van der Waals surface area contributed by atoms with E-state index in [-0.39, 0.29) is 23.9 Å². The van der Waals surface area contributed by atoms with Gasteiger partial charge in [-0.15, -0.1) is 0 Å². The van der Waals surface area contributed by atoms with Crippen LogP contribution in [0, 0.1) is 11.8 Å². The summed E-state index contributed by atoms with van der Waals surface area (Å²) < 4.78 is 11.1. The third-order valence-corrected chi connectivity index (χ3v) is 5.32. The van der Waals surface area contributed by atoms with Crippen LogP contribution >= 0.6 is 0 Å². The van der Waals surface area contributed by atoms with Crippen LogP contribution in [-0.4, -0.2) is 36.0 Å². The molecule has 0 spiro atoms. The first-order chi connectivity index (χ1) is 9.41. The molecule has 110 valence electrons. The second-order valence-corrected chi connectivity index (χ2v) is 6.32. The molecule has 4 heteroatoms. The van der Waals surface area contributed by atoms with Crippen molar-refractivity contribution in [1.29, 1.82) is 0 Å². The fraction of sp³-hybridized carbons (Fsp3) is 0.688. The van der Waals surface area contributed by atoms with Gasteiger partial charge in [-0.05, 0) is 38.3 Å². The van der Waals surface area contributed by atoms with Crippen molar-refractivity contribution in [1.82, 2.24) is 0 Å². The zero-order valence-electron chi connectivity index (χ0n) is 12.5. The summed E-state index contributed by atoms with van der Waals surface area (Å²) in [6.07, 6.45) is 3.00. The van der Waals surface area contributed by atoms with Gasteiger partial charge in [0.1, 0.15) is 17.8 Å². The molecule has 0 bridgehead atoms. The van der Waals surface area contributed by atoms with E-state index < -0.39 is 11.7 Å². The molecule has 0 radical (unpaired) electrons. The summed E-state index contributed by atoms with van der Waals surface area (Å²) in [5.74, 6) is -0.273. The molecule has 4 nitrogen and oxygen atoms in total. The average Bonchev–Trinajstić information content (AvgIpc) is 2.80. The largest absolute Gasteiger partial charge is 0.458 e. The number of aliphatic hydroxyl groups is 1. The molecule has 0 amide bonds. The Morgan fingerprint density at radius 2 is 2.15 bits per heavy atom. The van der Waals surface area contributed by atoms with Crippen molar-refractivity contribution < 1.29 is 19.4 Å². The van der Waals surface area contributed by atoms with Crippen LogP contribution in [0.1, 0.15) is 33.6 Å². The summed E-state index contributed by atoms with van der Waals surface area (Å²) in [4.78, 5) is 11.9. The molecule has 3 aliphatic rings. The minimum atomic E-state index is -1.19. The van der Waals surface area contributed by atoms with Crippen molar-refractivity contribution in [2.75, 3.05) is 7.11 Å². The molecule has 1 fully saturated rings. The minimum Gasteiger partial charge on any atom is -0.458 e. The lowest BCUT2D eigenvalue weighted by Gasteiger charge is -2.35. The maximum Gasteiger partial charge on any atom is 0.309 e. The monoisotopic (exact) mass is 278 g/mol. The van der Waals surface area contributed by atoms with E-state index in [1.54, 1.807) is 7.11 Å². The quantitative estimate of drug-likeness (QED) is 0.588. The highest BCUT2D eigenvalue weighted by Crippen LogP contribution is 2.51. The van der Waals surface area contributed by atoms with Gasteiger partial charge in [0.15, 0.2) is 0 Å². The molecule has 1 N–H and O–H groups in total. The molecule has 20 heavy (non-hydrogen) atoms. The van der Waals surface area contributed by atoms with E-state index >= 15 is 0 Å². The Hall–Kier alpha value is -1.13. The number of fused-ring (bicyclic) bond motifs is 3. The van der Waals surface area contributed by atoms with Gasteiger partial charge < -0.3 is 14.6 Å². The average molecular weight is 278 g/mol. The summed E-state index contributed by atoms with van der Waals surface area (Å²) in [6.45, 7) is 5.84. The van der Waals surface area contributed by atoms with Gasteiger partial charge in [-0.25, -0.2) is 0 Å². The summed E-state index contributed by atoms with van der Waals surface area (Å²) in [6, 6.07) is 0. The molecule has 0 saturated carbocycles. The van der Waals surface area contributed by atoms with Crippen molar-refractivity contribution in [3.63, 3.8) is 0 Å². The number of ether oxygens (including phenoxy) is 2. The number of methoxy groups -OCH3 is 1. The first-order valence-electron chi connectivity index (χ1n) is 7.26. The molecule has 5 unspecified atom stereocenters. The first kappa shape index (κ1) is 13.8. The van der Waals surface area contributed by atoms with Gasteiger partial charge in [-0.1, -0.05) is 12.5 Å². The molecule has 0 aromatic rings. The minimum absolute atomic E-state index is 0.0684. The van der Waals surface area contributed by atoms with Gasteiger partial charge in [-0.3, -0.25) is 4.79 Å². The van der Waals surface area contributed by atoms with Gasteiger partial charge in [0.05, 0.1) is 5.92 Å². The zero-order chi connectivity index (χ0) is 14.7. The standard InChI is InChI=1S/C16H22O4/c1-8-5-6-11-10(3)15(17)20-14(11)16(18)9(2)7-12(19-4)13(8)16/h7,10-12,14,18H,5-6H2,1-4H3. The summed E-state index contributed by atoms with van der Waals surface area (Å²) in [7, 11) is 1.64. The molecule has 1 aliphatic heterocycles. The van der Waals surface area contributed by atoms with E-state index in [4.69, 9.17) is 9.47 Å². The second-order valence-electron chi connectivity index (χ2n) is 6.32. The third-order valence-electron chi connectivity index (χ3n) is 5.32. The lowest BCUT2D eigenvalue weighted by Crippen LogP contribution is -2.47. The second kappa shape index (κ2) is 4.43. The Balaban J connectivity index is 2.13. The first-order valence-corrected chi connectivity index (χ1v) is 7.26. The summed E-state index contributed by atoms with van der Waals surface area (Å²) in [5, 5.41) is 11.4. The van der Waals surface area contributed by atoms with E-state index in [2.05, 4.69) is 0 Å². The summed E-state index contributed by atoms with van der Waals surface area (Å²) in [5.41, 5.74) is 1.68. The lowest BCUT2D eigenvalue weighted by molar-refractivity contribution is -0.150. The topological polar surface area (TPSA) is 55.8 Å². The van der Waals surface area contributed by atoms with Crippen molar-refractivity contribution in [2.45, 2.75) is 51.4 Å². The van der Waals surface area contributed by atoms with Crippen molar-refractivity contribution in [3.05, 3.63) is 22.8 Å². The predicted molar refractivity (Wildman–Crippen MR) is 74.0 cm³/mol. The van der Waals surface area contributed by atoms with Crippen LogP contribution in [0.25, 0.3) is 0 Å². The molecule has 3 rings (SSSR count). The van der Waals surface area contributed by atoms with Crippen LogP contribution in [0.3, 0.4) is 0 Å². The van der Waals surface area contributed by atoms with E-state index in [1.165, 1.54) is 0 Å². The molecule has 5 atom stereocenters. The summed E-state index contributed by atoms with van der Waals surface area (Å²) >= 11 is 0. The molecule has 0 aromatic heterocycles. The van der Waals surface area contributed by atoms with E-state index in [0.29, 0.717) is 0 Å². The van der Waals surface area contributed by atoms with Crippen LogP contribution in [0.5, 0.6) is 0 Å². The van der Waals surface area contributed by atoms with Crippen LogP contribution in [-0.2, 0) is 14.3 Å². The van der Waals surface area contributed by atoms with Gasteiger partial charge >= 0.3 is 5.97 Å². The van der Waals surface area contributed by atoms with Crippen LogP contribution < -0.4 is 0 Å². The highest BCUT2D eigenvalue weighted by Gasteiger charge is 2.59. The van der Waals surface area contributed by atoms with Crippen LogP contribution in [0.15, 0.2) is 22.8 Å². The molecule has 1 saturated heterocycles. The maximum atomic E-state index is 11.9. The number of rotatable bonds is 1. The number of carbonyl (C=O) groups is 1. The maximum absolute atomic E-state index is 11.9. The molecule has 0 aromatic carbocycles. The van der Waals surface area contributed by atoms with Crippen LogP contribution in [0.2, 0.25) is 0 Å². The molecule has 1 heterocycles. The Morgan fingerprint density at radius 3 is 2.80 bits per heavy atom. The number of hydrogen-bond acceptors (Lipinski definition) is 4. The smallest absolute Gasteiger partial charge is 0.309 e. The van der Waals surface area contributed by atoms with E-state index in [1.807, 2.05) is 26.8 Å². The molecule has 2 aliphatic carbocycles. The van der Waals surface area contributed by atoms with Gasteiger partial charge in [-0.2, -0.15) is 0 Å². The Bertz CT molecular complexity index is 519. The van der Waals surface area contributed by atoms with Crippen LogP contribution in [0.4, 0.5) is 0 Å². The third kappa shape index (κ3) is 1.58. The van der Waals surface area contributed by atoms with Crippen molar-refractivity contribution in [2.24, 2.45) is 11.8 Å². The lowest BCUT2D eigenvalue weighted by atomic mass is 9.77. The molecular formula is C16H22O4. The normalized spacial score (nSPS) is 43.9. The number of allylic oxidation sites excluding steroid dienone is 1. The molecular weight excluding hydrogens is 256 g/mol. The Kier molecular flexibility index (Phi) is 3.07. The number of hydrogen-bond donors (Lipinski definition) is 1. The fourth-order valence-corrected chi connectivity index (χ4v) is 4.07. The number of esters is 1. The van der Waals surface area contributed by atoms with Gasteiger partial charge in [0.2, 0.25) is 0 Å². The van der Waals surface area contributed by atoms with Gasteiger partial charge in [0.25, 0.3) is 0 Å². The van der Waals surface area contributed by atoms with E-state index in [0.717, 1.165) is 29.6 Å². The predicted octanol–water partition coefficient (Wildman–Crippen LogP) is 1.98. The van der Waals surface area contributed by atoms with Crippen molar-refractivity contribution >= 4 is 5.97 Å². The highest BCUT2D eigenvalue weighted by molar-refractivity contribution is 5.76. The number of carbonyl (C=O) groups excluding carboxylic acids is 1. The van der Waals surface area contributed by atoms with Crippen molar-refractivity contribution in [3.8, 4) is 0 Å².